The summed E-state index contributed by atoms with van der Waals surface area (Å²) < 4.78 is 0. The predicted molar refractivity (Wildman–Crippen MR) is 73.3 cm³/mol. The average Bonchev–Trinajstić information content (AvgIpc) is 2.33. The van der Waals surface area contributed by atoms with E-state index in [2.05, 4.69) is 0 Å². The van der Waals surface area contributed by atoms with E-state index in [4.69, 9.17) is 16.7 Å². The van der Waals surface area contributed by atoms with Crippen LogP contribution in [0.25, 0.3) is 11.1 Å². The quantitative estimate of drug-likeness (QED) is 0.873. The molecule has 0 bridgehead atoms. The van der Waals surface area contributed by atoms with Crippen LogP contribution in [-0.4, -0.2) is 11.1 Å². The van der Waals surface area contributed by atoms with Gasteiger partial charge in [-0.15, -0.1) is 0 Å². The molecule has 3 heteroatoms. The van der Waals surface area contributed by atoms with E-state index >= 15 is 0 Å². The Morgan fingerprint density at radius 3 is 2.17 bits per heavy atom. The minimum atomic E-state index is -0.908. The standard InChI is InChI=1S/C15H13ClO2/c1-9-11(5-3-7-13(9)15(17)18)12-6-4-8-14(16)10(12)2/h3-8H,1-2H3,(H,17,18). The molecule has 0 aliphatic heterocycles. The number of carboxylic acids is 1. The van der Waals surface area contributed by atoms with Gasteiger partial charge in [0.2, 0.25) is 0 Å². The number of carbonyl (C=O) groups is 1. The lowest BCUT2D eigenvalue weighted by Gasteiger charge is -2.12. The fraction of sp³-hybridized carbons (Fsp3) is 0.133. The lowest BCUT2D eigenvalue weighted by Crippen LogP contribution is -2.01. The highest BCUT2D eigenvalue weighted by molar-refractivity contribution is 6.31. The van der Waals surface area contributed by atoms with Gasteiger partial charge in [-0.2, -0.15) is 0 Å². The Bertz CT molecular complexity index is 618. The molecule has 2 rings (SSSR count). The van der Waals surface area contributed by atoms with Crippen molar-refractivity contribution in [1.29, 1.82) is 0 Å². The molecule has 2 aromatic carbocycles. The lowest BCUT2D eigenvalue weighted by atomic mass is 9.94. The number of hydrogen-bond acceptors (Lipinski definition) is 1. The van der Waals surface area contributed by atoms with Crippen molar-refractivity contribution in [2.75, 3.05) is 0 Å². The summed E-state index contributed by atoms with van der Waals surface area (Å²) in [5.41, 5.74) is 3.94. The van der Waals surface area contributed by atoms with Gasteiger partial charge in [-0.1, -0.05) is 35.9 Å². The van der Waals surface area contributed by atoms with E-state index in [1.165, 1.54) is 0 Å². The van der Waals surface area contributed by atoms with Crippen LogP contribution in [0.5, 0.6) is 0 Å². The molecular formula is C15H13ClO2. The minimum Gasteiger partial charge on any atom is -0.478 e. The maximum Gasteiger partial charge on any atom is 0.335 e. The first-order valence-electron chi connectivity index (χ1n) is 5.60. The van der Waals surface area contributed by atoms with Crippen molar-refractivity contribution >= 4 is 17.6 Å². The summed E-state index contributed by atoms with van der Waals surface area (Å²) in [4.78, 5) is 11.1. The van der Waals surface area contributed by atoms with Crippen LogP contribution in [0.1, 0.15) is 21.5 Å². The molecular weight excluding hydrogens is 248 g/mol. The van der Waals surface area contributed by atoms with Crippen LogP contribution < -0.4 is 0 Å². The van der Waals surface area contributed by atoms with Crippen LogP contribution in [0.4, 0.5) is 0 Å². The molecule has 18 heavy (non-hydrogen) atoms. The van der Waals surface area contributed by atoms with E-state index in [0.717, 1.165) is 22.3 Å². The highest BCUT2D eigenvalue weighted by Gasteiger charge is 2.13. The Labute approximate surface area is 111 Å². The molecule has 0 radical (unpaired) electrons. The van der Waals surface area contributed by atoms with E-state index in [-0.39, 0.29) is 0 Å². The van der Waals surface area contributed by atoms with Crippen molar-refractivity contribution in [3.05, 3.63) is 58.1 Å². The molecule has 0 saturated carbocycles. The monoisotopic (exact) mass is 260 g/mol. The Balaban J connectivity index is 2.69. The normalized spacial score (nSPS) is 10.4. The number of hydrogen-bond donors (Lipinski definition) is 1. The lowest BCUT2D eigenvalue weighted by molar-refractivity contribution is 0.0696. The average molecular weight is 261 g/mol. The maximum absolute atomic E-state index is 11.1. The Morgan fingerprint density at radius 2 is 1.56 bits per heavy atom. The minimum absolute atomic E-state index is 0.326. The van der Waals surface area contributed by atoms with Gasteiger partial charge < -0.3 is 5.11 Å². The molecule has 1 N–H and O–H groups in total. The SMILES string of the molecule is Cc1c(Cl)cccc1-c1cccc(C(=O)O)c1C. The van der Waals surface area contributed by atoms with Crippen LogP contribution in [0, 0.1) is 13.8 Å². The zero-order valence-electron chi connectivity index (χ0n) is 10.2. The molecule has 0 amide bonds. The zero-order valence-corrected chi connectivity index (χ0v) is 11.0. The highest BCUT2D eigenvalue weighted by atomic mass is 35.5. The van der Waals surface area contributed by atoms with Crippen molar-refractivity contribution < 1.29 is 9.90 Å². The Hall–Kier alpha value is -1.80. The van der Waals surface area contributed by atoms with Gasteiger partial charge in [-0.3, -0.25) is 0 Å². The van der Waals surface area contributed by atoms with Gasteiger partial charge in [0.25, 0.3) is 0 Å². The summed E-state index contributed by atoms with van der Waals surface area (Å²) in [7, 11) is 0. The molecule has 0 heterocycles. The van der Waals surface area contributed by atoms with Crippen LogP contribution in [-0.2, 0) is 0 Å². The molecule has 0 spiro atoms. The third kappa shape index (κ3) is 2.12. The Morgan fingerprint density at radius 1 is 1.00 bits per heavy atom. The first-order chi connectivity index (χ1) is 8.52. The molecule has 2 aromatic rings. The highest BCUT2D eigenvalue weighted by Crippen LogP contribution is 2.31. The molecule has 0 atom stereocenters. The summed E-state index contributed by atoms with van der Waals surface area (Å²) in [5, 5.41) is 9.82. The third-order valence-corrected chi connectivity index (χ3v) is 3.53. The molecule has 0 fully saturated rings. The second kappa shape index (κ2) is 4.83. The van der Waals surface area contributed by atoms with Crippen LogP contribution in [0.3, 0.4) is 0 Å². The summed E-state index contributed by atoms with van der Waals surface area (Å²) >= 11 is 6.10. The van der Waals surface area contributed by atoms with Gasteiger partial charge in [-0.05, 0) is 48.2 Å². The van der Waals surface area contributed by atoms with Crippen molar-refractivity contribution in [2.24, 2.45) is 0 Å². The molecule has 0 aromatic heterocycles. The largest absolute Gasteiger partial charge is 0.478 e. The summed E-state index contributed by atoms with van der Waals surface area (Å²) in [6, 6.07) is 10.9. The first kappa shape index (κ1) is 12.7. The van der Waals surface area contributed by atoms with Crippen LogP contribution in [0.2, 0.25) is 5.02 Å². The summed E-state index contributed by atoms with van der Waals surface area (Å²) in [6.45, 7) is 3.75. The van der Waals surface area contributed by atoms with Gasteiger partial charge >= 0.3 is 5.97 Å². The van der Waals surface area contributed by atoms with E-state index < -0.39 is 5.97 Å². The first-order valence-corrected chi connectivity index (χ1v) is 5.98. The van der Waals surface area contributed by atoms with Crippen molar-refractivity contribution in [2.45, 2.75) is 13.8 Å². The number of rotatable bonds is 2. The molecule has 2 nitrogen and oxygen atoms in total. The molecule has 0 saturated heterocycles. The van der Waals surface area contributed by atoms with Crippen molar-refractivity contribution in [3.8, 4) is 11.1 Å². The van der Waals surface area contributed by atoms with E-state index in [1.54, 1.807) is 12.1 Å². The molecule has 0 aliphatic carbocycles. The molecule has 0 unspecified atom stereocenters. The number of carboxylic acid groups (broad SMARTS) is 1. The van der Waals surface area contributed by atoms with Crippen molar-refractivity contribution in [1.82, 2.24) is 0 Å². The van der Waals surface area contributed by atoms with Gasteiger partial charge in [0.15, 0.2) is 0 Å². The van der Waals surface area contributed by atoms with Crippen LogP contribution >= 0.6 is 11.6 Å². The summed E-state index contributed by atoms with van der Waals surface area (Å²) in [5.74, 6) is -0.908. The second-order valence-electron chi connectivity index (χ2n) is 4.20. The van der Waals surface area contributed by atoms with E-state index in [1.807, 2.05) is 38.1 Å². The third-order valence-electron chi connectivity index (χ3n) is 3.12. The van der Waals surface area contributed by atoms with Gasteiger partial charge in [0, 0.05) is 5.02 Å². The van der Waals surface area contributed by atoms with E-state index in [9.17, 15) is 4.79 Å². The number of benzene rings is 2. The van der Waals surface area contributed by atoms with Crippen LogP contribution in [0.15, 0.2) is 36.4 Å². The van der Waals surface area contributed by atoms with E-state index in [0.29, 0.717) is 10.6 Å². The Kier molecular flexibility index (Phi) is 3.39. The zero-order chi connectivity index (χ0) is 13.3. The second-order valence-corrected chi connectivity index (χ2v) is 4.60. The fourth-order valence-corrected chi connectivity index (χ4v) is 2.23. The van der Waals surface area contributed by atoms with Gasteiger partial charge in [0.1, 0.15) is 0 Å². The predicted octanol–water partition coefficient (Wildman–Crippen LogP) is 4.32. The van der Waals surface area contributed by atoms with Gasteiger partial charge in [0.05, 0.1) is 5.56 Å². The van der Waals surface area contributed by atoms with Crippen molar-refractivity contribution in [3.63, 3.8) is 0 Å². The molecule has 92 valence electrons. The van der Waals surface area contributed by atoms with Gasteiger partial charge in [-0.25, -0.2) is 4.79 Å². The topological polar surface area (TPSA) is 37.3 Å². The number of halogens is 1. The fourth-order valence-electron chi connectivity index (χ4n) is 2.06. The maximum atomic E-state index is 11.1. The smallest absolute Gasteiger partial charge is 0.335 e. The number of aromatic carboxylic acids is 1. The molecule has 0 aliphatic rings. The summed E-state index contributed by atoms with van der Waals surface area (Å²) in [6.07, 6.45) is 0.